The molecular formula is C32H32N4O3. The maximum absolute atomic E-state index is 12.1. The third-order valence-corrected chi connectivity index (χ3v) is 7.56. The zero-order valence-corrected chi connectivity index (χ0v) is 22.1. The quantitative estimate of drug-likeness (QED) is 0.231. The molecule has 0 unspecified atom stereocenters. The van der Waals surface area contributed by atoms with Gasteiger partial charge in [0.25, 0.3) is 0 Å². The van der Waals surface area contributed by atoms with Crippen molar-refractivity contribution in [2.24, 2.45) is 0 Å². The number of anilines is 1. The number of fused-ring (bicyclic) bond motifs is 2. The molecule has 0 atom stereocenters. The van der Waals surface area contributed by atoms with E-state index in [1.165, 1.54) is 12.8 Å². The maximum Gasteiger partial charge on any atom is 0.310 e. The number of nitrogen functional groups attached to an aromatic ring is 1. The summed E-state index contributed by atoms with van der Waals surface area (Å²) < 4.78 is 13.6. The van der Waals surface area contributed by atoms with Gasteiger partial charge < -0.3 is 15.2 Å². The highest BCUT2D eigenvalue weighted by molar-refractivity contribution is 5.95. The van der Waals surface area contributed by atoms with Crippen molar-refractivity contribution in [1.29, 1.82) is 0 Å². The van der Waals surface area contributed by atoms with Gasteiger partial charge in [-0.15, -0.1) is 0 Å². The molecule has 6 rings (SSSR count). The van der Waals surface area contributed by atoms with Gasteiger partial charge >= 0.3 is 5.97 Å². The number of carbonyl (C=O) groups is 1. The Balaban J connectivity index is 1.36. The van der Waals surface area contributed by atoms with E-state index in [-0.39, 0.29) is 12.4 Å². The number of nitrogens with zero attached hydrogens (tertiary/aromatic N) is 3. The molecule has 2 aromatic heterocycles. The summed E-state index contributed by atoms with van der Waals surface area (Å²) in [6.07, 6.45) is 6.63. The molecule has 39 heavy (non-hydrogen) atoms. The Hall–Kier alpha value is -4.39. The van der Waals surface area contributed by atoms with E-state index in [0.717, 1.165) is 56.9 Å². The van der Waals surface area contributed by atoms with E-state index < -0.39 is 0 Å². The summed E-state index contributed by atoms with van der Waals surface area (Å²) in [5.74, 6) is 0.934. The lowest BCUT2D eigenvalue weighted by molar-refractivity contribution is -0.142. The van der Waals surface area contributed by atoms with Crippen molar-refractivity contribution in [3.8, 4) is 16.9 Å². The molecule has 5 aromatic rings. The highest BCUT2D eigenvalue weighted by atomic mass is 16.5. The Morgan fingerprint density at radius 1 is 1.00 bits per heavy atom. The third-order valence-electron chi connectivity index (χ3n) is 7.56. The molecule has 0 spiro atoms. The number of para-hydroxylation sites is 1. The average Bonchev–Trinajstić information content (AvgIpc) is 3.61. The molecule has 3 aromatic carbocycles. The van der Waals surface area contributed by atoms with Crippen LogP contribution in [0.3, 0.4) is 0 Å². The van der Waals surface area contributed by atoms with Gasteiger partial charge in [0.15, 0.2) is 0 Å². The second-order valence-corrected chi connectivity index (χ2v) is 10.1. The number of hydrogen-bond donors (Lipinski definition) is 1. The summed E-state index contributed by atoms with van der Waals surface area (Å²) in [5, 5.41) is 8.16. The summed E-state index contributed by atoms with van der Waals surface area (Å²) in [4.78, 5) is 16.4. The van der Waals surface area contributed by atoms with Crippen molar-refractivity contribution < 1.29 is 14.3 Å². The number of rotatable bonds is 8. The van der Waals surface area contributed by atoms with E-state index in [1.807, 2.05) is 37.3 Å². The molecule has 2 N–H and O–H groups in total. The largest absolute Gasteiger partial charge is 0.487 e. The maximum atomic E-state index is 12.1. The Morgan fingerprint density at radius 2 is 1.77 bits per heavy atom. The minimum Gasteiger partial charge on any atom is -0.487 e. The number of benzene rings is 3. The summed E-state index contributed by atoms with van der Waals surface area (Å²) >= 11 is 0. The fourth-order valence-electron chi connectivity index (χ4n) is 5.59. The first-order valence-electron chi connectivity index (χ1n) is 13.6. The van der Waals surface area contributed by atoms with Gasteiger partial charge in [-0.2, -0.15) is 5.10 Å². The molecule has 198 valence electrons. The number of nitrogens with two attached hydrogens (primary N) is 1. The predicted molar refractivity (Wildman–Crippen MR) is 153 cm³/mol. The minimum absolute atomic E-state index is 0.172. The molecule has 7 nitrogen and oxygen atoms in total. The van der Waals surface area contributed by atoms with Crippen LogP contribution in [0.1, 0.15) is 49.9 Å². The van der Waals surface area contributed by atoms with Crippen molar-refractivity contribution in [2.75, 3.05) is 12.3 Å². The second-order valence-electron chi connectivity index (χ2n) is 10.1. The highest BCUT2D eigenvalue weighted by Crippen LogP contribution is 2.36. The van der Waals surface area contributed by atoms with Crippen molar-refractivity contribution >= 4 is 33.5 Å². The molecule has 1 fully saturated rings. The van der Waals surface area contributed by atoms with Crippen LogP contribution in [-0.2, 0) is 22.6 Å². The summed E-state index contributed by atoms with van der Waals surface area (Å²) in [6.45, 7) is 2.47. The summed E-state index contributed by atoms with van der Waals surface area (Å²) in [6, 6.07) is 22.8. The molecule has 1 saturated carbocycles. The SMILES string of the molecule is CCOC(=O)Cc1ccccc1OCc1nn(C2CCCC2)c2ccc(-c3ccc4ccnc(N)c4c3)cc12. The molecule has 2 heterocycles. The fraction of sp³-hybridized carbons (Fsp3) is 0.281. The Bertz CT molecular complexity index is 1650. The first-order valence-corrected chi connectivity index (χ1v) is 13.6. The van der Waals surface area contributed by atoms with Gasteiger partial charge in [0.05, 0.1) is 24.6 Å². The van der Waals surface area contributed by atoms with Crippen LogP contribution in [0.2, 0.25) is 0 Å². The smallest absolute Gasteiger partial charge is 0.310 e. The van der Waals surface area contributed by atoms with E-state index in [2.05, 4.69) is 46.1 Å². The number of ether oxygens (including phenoxy) is 2. The van der Waals surface area contributed by atoms with Crippen LogP contribution in [0, 0.1) is 0 Å². The van der Waals surface area contributed by atoms with E-state index in [4.69, 9.17) is 20.3 Å². The lowest BCUT2D eigenvalue weighted by atomic mass is 10.00. The number of hydrogen-bond acceptors (Lipinski definition) is 6. The van der Waals surface area contributed by atoms with E-state index in [0.29, 0.717) is 30.8 Å². The van der Waals surface area contributed by atoms with E-state index >= 15 is 0 Å². The van der Waals surface area contributed by atoms with Gasteiger partial charge in [-0.25, -0.2) is 4.98 Å². The van der Waals surface area contributed by atoms with E-state index in [9.17, 15) is 4.79 Å². The Labute approximate surface area is 227 Å². The molecular weight excluding hydrogens is 488 g/mol. The van der Waals surface area contributed by atoms with Crippen LogP contribution in [0.4, 0.5) is 5.82 Å². The summed E-state index contributed by atoms with van der Waals surface area (Å²) in [7, 11) is 0. The zero-order valence-electron chi connectivity index (χ0n) is 22.1. The molecule has 0 radical (unpaired) electrons. The van der Waals surface area contributed by atoms with E-state index in [1.54, 1.807) is 6.20 Å². The van der Waals surface area contributed by atoms with Crippen LogP contribution in [-0.4, -0.2) is 27.3 Å². The summed E-state index contributed by atoms with van der Waals surface area (Å²) in [5.41, 5.74) is 11.1. The molecule has 1 aliphatic carbocycles. The lowest BCUT2D eigenvalue weighted by Crippen LogP contribution is -2.09. The molecule has 0 amide bonds. The Kier molecular flexibility index (Phi) is 6.88. The van der Waals surface area contributed by atoms with Gasteiger partial charge in [-0.05, 0) is 66.6 Å². The number of carbonyl (C=O) groups excluding carboxylic acids is 1. The molecule has 0 bridgehead atoms. The lowest BCUT2D eigenvalue weighted by Gasteiger charge is -2.12. The minimum atomic E-state index is -0.264. The number of pyridine rings is 1. The van der Waals surface area contributed by atoms with Crippen LogP contribution in [0.25, 0.3) is 32.8 Å². The molecule has 0 aliphatic heterocycles. The van der Waals surface area contributed by atoms with Crippen molar-refractivity contribution in [3.05, 3.63) is 84.2 Å². The second kappa shape index (κ2) is 10.8. The monoisotopic (exact) mass is 520 g/mol. The number of aromatic nitrogens is 3. The molecule has 1 aliphatic rings. The fourth-order valence-corrected chi connectivity index (χ4v) is 5.59. The van der Waals surface area contributed by atoms with Gasteiger partial charge in [0.2, 0.25) is 0 Å². The first-order chi connectivity index (χ1) is 19.1. The molecule has 0 saturated heterocycles. The zero-order chi connectivity index (χ0) is 26.8. The van der Waals surface area contributed by atoms with Crippen molar-refractivity contribution in [3.63, 3.8) is 0 Å². The van der Waals surface area contributed by atoms with Crippen molar-refractivity contribution in [2.45, 2.75) is 51.7 Å². The van der Waals surface area contributed by atoms with Gasteiger partial charge in [-0.1, -0.05) is 49.2 Å². The van der Waals surface area contributed by atoms with Crippen LogP contribution >= 0.6 is 0 Å². The van der Waals surface area contributed by atoms with Gasteiger partial charge in [-0.3, -0.25) is 9.48 Å². The van der Waals surface area contributed by atoms with Gasteiger partial charge in [0.1, 0.15) is 23.9 Å². The van der Waals surface area contributed by atoms with Crippen molar-refractivity contribution in [1.82, 2.24) is 14.8 Å². The number of esters is 1. The normalized spacial score (nSPS) is 13.8. The highest BCUT2D eigenvalue weighted by Gasteiger charge is 2.22. The molecule has 7 heteroatoms. The Morgan fingerprint density at radius 3 is 2.59 bits per heavy atom. The van der Waals surface area contributed by atoms with Crippen LogP contribution in [0.5, 0.6) is 5.75 Å². The standard InChI is InChI=1S/C32H32N4O3/c1-2-38-31(37)19-24-7-3-6-10-30(24)39-20-28-27-18-23(13-14-29(27)36(35-28)25-8-4-5-9-25)22-12-11-21-15-16-34-32(33)26(21)17-22/h3,6-7,10-18,25H,2,4-5,8-9,19-20H2,1H3,(H2,33,34). The first kappa shape index (κ1) is 24.9. The predicted octanol–water partition coefficient (Wildman–Crippen LogP) is 6.63. The van der Waals surface area contributed by atoms with Crippen LogP contribution in [0.15, 0.2) is 72.9 Å². The average molecular weight is 521 g/mol. The topological polar surface area (TPSA) is 92.3 Å². The van der Waals surface area contributed by atoms with Crippen LogP contribution < -0.4 is 10.5 Å². The van der Waals surface area contributed by atoms with Gasteiger partial charge in [0, 0.05) is 22.5 Å². The third kappa shape index (κ3) is 5.04.